The van der Waals surface area contributed by atoms with Gasteiger partial charge in [0.05, 0.1) is 11.3 Å². The van der Waals surface area contributed by atoms with Gasteiger partial charge in [0.25, 0.3) is 0 Å². The molecule has 23 heavy (non-hydrogen) atoms. The SMILES string of the molecule is C[C@H](CS(C)(=O)=O)C(=O)N[C@H]1C[C@H]1c1ccccc1C(F)(F)F. The number of nitrogens with one attached hydrogen (secondary N) is 1. The minimum atomic E-state index is -4.43. The quantitative estimate of drug-likeness (QED) is 0.888. The number of carbonyl (C=O) groups is 1. The van der Waals surface area contributed by atoms with Gasteiger partial charge in [-0.25, -0.2) is 8.42 Å². The van der Waals surface area contributed by atoms with Crippen molar-refractivity contribution in [3.05, 3.63) is 35.4 Å². The molecule has 0 heterocycles. The van der Waals surface area contributed by atoms with E-state index in [1.165, 1.54) is 25.1 Å². The van der Waals surface area contributed by atoms with E-state index < -0.39 is 33.4 Å². The minimum Gasteiger partial charge on any atom is -0.352 e. The number of rotatable bonds is 5. The van der Waals surface area contributed by atoms with E-state index in [9.17, 15) is 26.4 Å². The summed E-state index contributed by atoms with van der Waals surface area (Å²) in [6.45, 7) is 1.48. The number of benzene rings is 1. The van der Waals surface area contributed by atoms with Crippen LogP contribution in [0.5, 0.6) is 0 Å². The van der Waals surface area contributed by atoms with Crippen molar-refractivity contribution in [3.8, 4) is 0 Å². The Bertz CT molecular complexity index is 700. The van der Waals surface area contributed by atoms with Crippen LogP contribution in [0.1, 0.15) is 30.4 Å². The first-order valence-corrected chi connectivity index (χ1v) is 9.19. The molecule has 0 spiro atoms. The van der Waals surface area contributed by atoms with Crippen molar-refractivity contribution in [2.24, 2.45) is 5.92 Å². The lowest BCUT2D eigenvalue weighted by Gasteiger charge is -2.14. The Hall–Kier alpha value is -1.57. The molecular formula is C15H18F3NO3S. The molecule has 0 aliphatic heterocycles. The van der Waals surface area contributed by atoms with Crippen molar-refractivity contribution in [2.75, 3.05) is 12.0 Å². The molecule has 8 heteroatoms. The number of sulfone groups is 1. The van der Waals surface area contributed by atoms with Crippen LogP contribution in [-0.2, 0) is 20.8 Å². The Balaban J connectivity index is 2.03. The van der Waals surface area contributed by atoms with Gasteiger partial charge in [-0.3, -0.25) is 4.79 Å². The highest BCUT2D eigenvalue weighted by molar-refractivity contribution is 7.90. The molecule has 0 bridgehead atoms. The van der Waals surface area contributed by atoms with Crippen LogP contribution in [0.25, 0.3) is 0 Å². The molecule has 2 rings (SSSR count). The Morgan fingerprint density at radius 1 is 1.35 bits per heavy atom. The molecule has 0 aromatic heterocycles. The number of amides is 1. The first-order valence-electron chi connectivity index (χ1n) is 7.13. The lowest BCUT2D eigenvalue weighted by Crippen LogP contribution is -2.35. The van der Waals surface area contributed by atoms with Gasteiger partial charge in [0.1, 0.15) is 9.84 Å². The molecule has 0 unspecified atom stereocenters. The first-order chi connectivity index (χ1) is 10.5. The fourth-order valence-corrected chi connectivity index (χ4v) is 3.69. The zero-order chi connectivity index (χ0) is 17.4. The summed E-state index contributed by atoms with van der Waals surface area (Å²) in [6, 6.07) is 4.93. The van der Waals surface area contributed by atoms with Crippen LogP contribution in [0.3, 0.4) is 0 Å². The second-order valence-electron chi connectivity index (χ2n) is 6.04. The third-order valence-electron chi connectivity index (χ3n) is 3.78. The fraction of sp³-hybridized carbons (Fsp3) is 0.533. The van der Waals surface area contributed by atoms with Crippen LogP contribution >= 0.6 is 0 Å². The standard InChI is InChI=1S/C15H18F3NO3S/c1-9(8-23(2,21)22)14(20)19-13-7-11(13)10-5-3-4-6-12(10)15(16,17)18/h3-6,9,11,13H,7-8H2,1-2H3,(H,19,20)/t9-,11+,13+/m1/s1. The number of alkyl halides is 3. The van der Waals surface area contributed by atoms with E-state index in [1.807, 2.05) is 0 Å². The van der Waals surface area contributed by atoms with E-state index >= 15 is 0 Å². The number of hydrogen-bond donors (Lipinski definition) is 1. The largest absolute Gasteiger partial charge is 0.416 e. The summed E-state index contributed by atoms with van der Waals surface area (Å²) in [6.07, 6.45) is -2.97. The van der Waals surface area contributed by atoms with Crippen molar-refractivity contribution < 1.29 is 26.4 Å². The lowest BCUT2D eigenvalue weighted by atomic mass is 10.0. The highest BCUT2D eigenvalue weighted by Gasteiger charge is 2.45. The van der Waals surface area contributed by atoms with Gasteiger partial charge in [-0.15, -0.1) is 0 Å². The van der Waals surface area contributed by atoms with Crippen LogP contribution in [0.2, 0.25) is 0 Å². The summed E-state index contributed by atoms with van der Waals surface area (Å²) in [4.78, 5) is 11.9. The highest BCUT2D eigenvalue weighted by Crippen LogP contribution is 2.46. The Morgan fingerprint density at radius 3 is 2.52 bits per heavy atom. The monoisotopic (exact) mass is 349 g/mol. The van der Waals surface area contributed by atoms with Crippen LogP contribution in [0, 0.1) is 5.92 Å². The van der Waals surface area contributed by atoms with E-state index in [-0.39, 0.29) is 23.3 Å². The topological polar surface area (TPSA) is 63.2 Å². The van der Waals surface area contributed by atoms with Gasteiger partial charge in [0.15, 0.2) is 0 Å². The fourth-order valence-electron chi connectivity index (χ4n) is 2.63. The highest BCUT2D eigenvalue weighted by atomic mass is 32.2. The summed E-state index contributed by atoms with van der Waals surface area (Å²) in [5.74, 6) is -1.85. The average Bonchev–Trinajstić information content (AvgIpc) is 3.15. The molecule has 128 valence electrons. The molecule has 0 radical (unpaired) electrons. The van der Waals surface area contributed by atoms with Crippen molar-refractivity contribution in [3.63, 3.8) is 0 Å². The molecule has 1 N–H and O–H groups in total. The average molecular weight is 349 g/mol. The van der Waals surface area contributed by atoms with Gasteiger partial charge in [0, 0.05) is 24.1 Å². The van der Waals surface area contributed by atoms with Crippen molar-refractivity contribution in [1.29, 1.82) is 0 Å². The first kappa shape index (κ1) is 17.8. The lowest BCUT2D eigenvalue weighted by molar-refractivity contribution is -0.138. The Kier molecular flexibility index (Phi) is 4.75. The van der Waals surface area contributed by atoms with Crippen LogP contribution in [0.15, 0.2) is 24.3 Å². The van der Waals surface area contributed by atoms with E-state index in [2.05, 4.69) is 5.32 Å². The molecule has 1 saturated carbocycles. The zero-order valence-electron chi connectivity index (χ0n) is 12.7. The normalized spacial score (nSPS) is 22.5. The third-order valence-corrected chi connectivity index (χ3v) is 4.89. The second-order valence-corrected chi connectivity index (χ2v) is 8.22. The van der Waals surface area contributed by atoms with Gasteiger partial charge in [-0.2, -0.15) is 13.2 Å². The predicted octanol–water partition coefficient (Wildman–Crippen LogP) is 2.36. The molecule has 1 aliphatic rings. The van der Waals surface area contributed by atoms with Gasteiger partial charge in [-0.05, 0) is 18.1 Å². The minimum absolute atomic E-state index is 0.168. The van der Waals surface area contributed by atoms with Gasteiger partial charge in [-0.1, -0.05) is 25.1 Å². The summed E-state index contributed by atoms with van der Waals surface area (Å²) >= 11 is 0. The molecule has 1 aromatic rings. The summed E-state index contributed by atoms with van der Waals surface area (Å²) in [5, 5.41) is 2.63. The van der Waals surface area contributed by atoms with Gasteiger partial charge < -0.3 is 5.32 Å². The van der Waals surface area contributed by atoms with Gasteiger partial charge >= 0.3 is 6.18 Å². The number of carbonyl (C=O) groups excluding carboxylic acids is 1. The smallest absolute Gasteiger partial charge is 0.352 e. The molecule has 1 fully saturated rings. The molecule has 0 saturated heterocycles. The van der Waals surface area contributed by atoms with Crippen LogP contribution < -0.4 is 5.32 Å². The molecule has 4 nitrogen and oxygen atoms in total. The van der Waals surface area contributed by atoms with Gasteiger partial charge in [0.2, 0.25) is 5.91 Å². The zero-order valence-corrected chi connectivity index (χ0v) is 13.5. The summed E-state index contributed by atoms with van der Waals surface area (Å²) in [5.41, 5.74) is -0.521. The molecule has 1 amide bonds. The van der Waals surface area contributed by atoms with E-state index in [0.29, 0.717) is 6.42 Å². The van der Waals surface area contributed by atoms with Crippen molar-refractivity contribution >= 4 is 15.7 Å². The van der Waals surface area contributed by atoms with E-state index in [4.69, 9.17) is 0 Å². The van der Waals surface area contributed by atoms with Crippen molar-refractivity contribution in [2.45, 2.75) is 31.5 Å². The maximum atomic E-state index is 13.0. The Morgan fingerprint density at radius 2 is 1.96 bits per heavy atom. The maximum Gasteiger partial charge on any atom is 0.416 e. The van der Waals surface area contributed by atoms with Crippen LogP contribution in [-0.4, -0.2) is 32.4 Å². The second kappa shape index (κ2) is 6.14. The third kappa shape index (κ3) is 4.70. The molecule has 3 atom stereocenters. The molecule has 1 aliphatic carbocycles. The van der Waals surface area contributed by atoms with Crippen molar-refractivity contribution in [1.82, 2.24) is 5.32 Å². The van der Waals surface area contributed by atoms with E-state index in [1.54, 1.807) is 0 Å². The Labute approximate surface area is 133 Å². The van der Waals surface area contributed by atoms with E-state index in [0.717, 1.165) is 12.3 Å². The molecule has 1 aromatic carbocycles. The van der Waals surface area contributed by atoms with Crippen LogP contribution in [0.4, 0.5) is 13.2 Å². The molecular weight excluding hydrogens is 331 g/mol. The maximum absolute atomic E-state index is 13.0. The number of hydrogen-bond acceptors (Lipinski definition) is 3. The predicted molar refractivity (Wildman–Crippen MR) is 79.6 cm³/mol. The number of halogens is 3. The summed E-state index contributed by atoms with van der Waals surface area (Å²) in [7, 11) is -3.29. The summed E-state index contributed by atoms with van der Waals surface area (Å²) < 4.78 is 61.3.